The van der Waals surface area contributed by atoms with Crippen molar-refractivity contribution in [1.29, 1.82) is 0 Å². The van der Waals surface area contributed by atoms with Crippen LogP contribution in [0.15, 0.2) is 40.8 Å². The number of halogens is 1. The largest absolute Gasteiger partial charge is 0.497 e. The third kappa shape index (κ3) is 2.62. The molecule has 0 bridgehead atoms. The molecule has 0 fully saturated rings. The third-order valence-electron chi connectivity index (χ3n) is 2.59. The third-order valence-corrected chi connectivity index (χ3v) is 2.80. The number of benzene rings is 1. The Morgan fingerprint density at radius 1 is 1.29 bits per heavy atom. The molecular formula is C13H14ClNO2. The van der Waals surface area contributed by atoms with Gasteiger partial charge >= 0.3 is 0 Å². The van der Waals surface area contributed by atoms with Crippen LogP contribution in [0.4, 0.5) is 0 Å². The highest BCUT2D eigenvalue weighted by Crippen LogP contribution is 2.27. The Morgan fingerprint density at radius 3 is 2.71 bits per heavy atom. The highest BCUT2D eigenvalue weighted by atomic mass is 35.5. The van der Waals surface area contributed by atoms with Gasteiger partial charge in [0.25, 0.3) is 0 Å². The minimum atomic E-state index is -0.0300. The molecule has 2 rings (SSSR count). The Labute approximate surface area is 105 Å². The van der Waals surface area contributed by atoms with Gasteiger partial charge in [0.05, 0.1) is 13.2 Å². The minimum Gasteiger partial charge on any atom is -0.497 e. The standard InChI is InChI=1S/C13H14ClNO2/c1-15-13(11-6-7-12(14)17-11)9-4-3-5-10(8-9)16-2/h3-8,13,15H,1-2H3. The summed E-state index contributed by atoms with van der Waals surface area (Å²) in [5.74, 6) is 1.60. The summed E-state index contributed by atoms with van der Waals surface area (Å²) < 4.78 is 10.6. The Balaban J connectivity index is 2.34. The van der Waals surface area contributed by atoms with Crippen molar-refractivity contribution in [3.63, 3.8) is 0 Å². The Kier molecular flexibility index (Phi) is 3.71. The van der Waals surface area contributed by atoms with Crippen molar-refractivity contribution in [1.82, 2.24) is 5.32 Å². The lowest BCUT2D eigenvalue weighted by atomic mass is 10.0. The molecule has 3 nitrogen and oxygen atoms in total. The quantitative estimate of drug-likeness (QED) is 0.906. The molecule has 0 aliphatic carbocycles. The molecule has 1 aromatic carbocycles. The van der Waals surface area contributed by atoms with Gasteiger partial charge in [0.2, 0.25) is 0 Å². The van der Waals surface area contributed by atoms with Crippen molar-refractivity contribution in [3.05, 3.63) is 52.9 Å². The second-order valence-electron chi connectivity index (χ2n) is 3.64. The van der Waals surface area contributed by atoms with Gasteiger partial charge in [0.1, 0.15) is 11.5 Å². The van der Waals surface area contributed by atoms with Gasteiger partial charge < -0.3 is 14.5 Å². The summed E-state index contributed by atoms with van der Waals surface area (Å²) in [4.78, 5) is 0. The zero-order valence-corrected chi connectivity index (χ0v) is 10.5. The fourth-order valence-electron chi connectivity index (χ4n) is 1.78. The Morgan fingerprint density at radius 2 is 2.12 bits per heavy atom. The molecule has 1 heterocycles. The van der Waals surface area contributed by atoms with E-state index >= 15 is 0 Å². The number of ether oxygens (including phenoxy) is 1. The summed E-state index contributed by atoms with van der Waals surface area (Å²) in [5, 5.41) is 3.58. The van der Waals surface area contributed by atoms with Crippen LogP contribution in [-0.4, -0.2) is 14.2 Å². The zero-order valence-electron chi connectivity index (χ0n) is 9.74. The first kappa shape index (κ1) is 12.0. The van der Waals surface area contributed by atoms with Crippen LogP contribution >= 0.6 is 11.6 Å². The van der Waals surface area contributed by atoms with Gasteiger partial charge in [-0.15, -0.1) is 0 Å². The molecule has 0 amide bonds. The maximum absolute atomic E-state index is 5.79. The predicted octanol–water partition coefficient (Wildman–Crippen LogP) is 3.25. The van der Waals surface area contributed by atoms with E-state index in [0.29, 0.717) is 5.22 Å². The second-order valence-corrected chi connectivity index (χ2v) is 4.01. The lowest BCUT2D eigenvalue weighted by molar-refractivity contribution is 0.412. The van der Waals surface area contributed by atoms with Crippen molar-refractivity contribution in [2.45, 2.75) is 6.04 Å². The first-order chi connectivity index (χ1) is 8.24. The summed E-state index contributed by atoms with van der Waals surface area (Å²) in [5.41, 5.74) is 1.07. The van der Waals surface area contributed by atoms with Crippen LogP contribution in [0.25, 0.3) is 0 Å². The van der Waals surface area contributed by atoms with E-state index in [2.05, 4.69) is 5.32 Å². The summed E-state index contributed by atoms with van der Waals surface area (Å²) in [6.07, 6.45) is 0. The molecule has 0 aliphatic heterocycles. The first-order valence-corrected chi connectivity index (χ1v) is 5.69. The molecule has 17 heavy (non-hydrogen) atoms. The molecule has 0 saturated carbocycles. The van der Waals surface area contributed by atoms with Crippen LogP contribution in [0.3, 0.4) is 0 Å². The molecule has 0 radical (unpaired) electrons. The van der Waals surface area contributed by atoms with Crippen LogP contribution in [0, 0.1) is 0 Å². The predicted molar refractivity (Wildman–Crippen MR) is 67.6 cm³/mol. The SMILES string of the molecule is CNC(c1cccc(OC)c1)c1ccc(Cl)o1. The van der Waals surface area contributed by atoms with Crippen molar-refractivity contribution in [2.24, 2.45) is 0 Å². The van der Waals surface area contributed by atoms with Crippen LogP contribution < -0.4 is 10.1 Å². The minimum absolute atomic E-state index is 0.0300. The van der Waals surface area contributed by atoms with Crippen molar-refractivity contribution >= 4 is 11.6 Å². The number of methoxy groups -OCH3 is 1. The molecular weight excluding hydrogens is 238 g/mol. The number of hydrogen-bond acceptors (Lipinski definition) is 3. The van der Waals surface area contributed by atoms with Crippen LogP contribution in [-0.2, 0) is 0 Å². The van der Waals surface area contributed by atoms with Crippen molar-refractivity contribution in [3.8, 4) is 5.75 Å². The number of nitrogens with one attached hydrogen (secondary N) is 1. The van der Waals surface area contributed by atoms with Crippen LogP contribution in [0.1, 0.15) is 17.4 Å². The van der Waals surface area contributed by atoms with Gasteiger partial charge in [0, 0.05) is 0 Å². The highest BCUT2D eigenvalue weighted by Gasteiger charge is 2.16. The van der Waals surface area contributed by atoms with E-state index in [4.69, 9.17) is 20.8 Å². The van der Waals surface area contributed by atoms with E-state index in [-0.39, 0.29) is 6.04 Å². The molecule has 90 valence electrons. The lowest BCUT2D eigenvalue weighted by Crippen LogP contribution is -2.16. The van der Waals surface area contributed by atoms with Gasteiger partial charge in [-0.1, -0.05) is 12.1 Å². The fraction of sp³-hybridized carbons (Fsp3) is 0.231. The van der Waals surface area contributed by atoms with E-state index in [0.717, 1.165) is 17.1 Å². The molecule has 0 saturated heterocycles. The van der Waals surface area contributed by atoms with E-state index in [1.165, 1.54) is 0 Å². The lowest BCUT2D eigenvalue weighted by Gasteiger charge is -2.14. The monoisotopic (exact) mass is 251 g/mol. The molecule has 2 aromatic rings. The number of hydrogen-bond donors (Lipinski definition) is 1. The van der Waals surface area contributed by atoms with E-state index in [9.17, 15) is 0 Å². The molecule has 0 aliphatic rings. The summed E-state index contributed by atoms with van der Waals surface area (Å²) in [6, 6.07) is 11.4. The molecule has 1 unspecified atom stereocenters. The van der Waals surface area contributed by atoms with Gasteiger partial charge in [-0.05, 0) is 48.5 Å². The first-order valence-electron chi connectivity index (χ1n) is 5.31. The van der Waals surface area contributed by atoms with E-state index in [1.807, 2.05) is 37.4 Å². The second kappa shape index (κ2) is 5.25. The normalized spacial score (nSPS) is 12.4. The Hall–Kier alpha value is -1.45. The highest BCUT2D eigenvalue weighted by molar-refractivity contribution is 6.28. The van der Waals surface area contributed by atoms with Gasteiger partial charge in [-0.3, -0.25) is 0 Å². The maximum atomic E-state index is 5.79. The van der Waals surface area contributed by atoms with Crippen LogP contribution in [0.2, 0.25) is 5.22 Å². The molecule has 1 N–H and O–H groups in total. The molecule has 0 spiro atoms. The fourth-order valence-corrected chi connectivity index (χ4v) is 1.93. The van der Waals surface area contributed by atoms with E-state index in [1.54, 1.807) is 13.2 Å². The summed E-state index contributed by atoms with van der Waals surface area (Å²) in [6.45, 7) is 0. The zero-order chi connectivity index (χ0) is 12.3. The van der Waals surface area contributed by atoms with Gasteiger partial charge in [0.15, 0.2) is 5.22 Å². The average Bonchev–Trinajstić information content (AvgIpc) is 2.77. The van der Waals surface area contributed by atoms with E-state index < -0.39 is 0 Å². The molecule has 4 heteroatoms. The van der Waals surface area contributed by atoms with Crippen LogP contribution in [0.5, 0.6) is 5.75 Å². The average molecular weight is 252 g/mol. The summed E-state index contributed by atoms with van der Waals surface area (Å²) >= 11 is 5.79. The maximum Gasteiger partial charge on any atom is 0.193 e. The molecule has 1 atom stereocenters. The number of furan rings is 1. The topological polar surface area (TPSA) is 34.4 Å². The summed E-state index contributed by atoms with van der Waals surface area (Å²) in [7, 11) is 3.53. The van der Waals surface area contributed by atoms with Gasteiger partial charge in [-0.2, -0.15) is 0 Å². The van der Waals surface area contributed by atoms with Crippen molar-refractivity contribution in [2.75, 3.05) is 14.2 Å². The van der Waals surface area contributed by atoms with Crippen molar-refractivity contribution < 1.29 is 9.15 Å². The smallest absolute Gasteiger partial charge is 0.193 e. The Bertz CT molecular complexity index is 496. The molecule has 1 aromatic heterocycles. The number of rotatable bonds is 4. The van der Waals surface area contributed by atoms with Gasteiger partial charge in [-0.25, -0.2) is 0 Å².